The van der Waals surface area contributed by atoms with Gasteiger partial charge in [-0.25, -0.2) is 0 Å². The Morgan fingerprint density at radius 2 is 1.93 bits per heavy atom. The molecule has 3 rings (SSSR count). The van der Waals surface area contributed by atoms with Gasteiger partial charge in [-0.2, -0.15) is 5.10 Å². The molecule has 1 aromatic heterocycles. The van der Waals surface area contributed by atoms with Crippen molar-refractivity contribution in [1.29, 1.82) is 0 Å². The van der Waals surface area contributed by atoms with Crippen molar-refractivity contribution in [1.82, 2.24) is 14.7 Å². The minimum atomic E-state index is -1.86. The van der Waals surface area contributed by atoms with Gasteiger partial charge in [-0.3, -0.25) is 9.58 Å². The van der Waals surface area contributed by atoms with Gasteiger partial charge in [0.1, 0.15) is 0 Å². The first-order valence-electron chi connectivity index (χ1n) is 10.2. The van der Waals surface area contributed by atoms with Gasteiger partial charge in [-0.1, -0.05) is 51.1 Å². The number of likely N-dealkylation sites (tertiary alicyclic amines) is 1. The van der Waals surface area contributed by atoms with E-state index in [0.717, 1.165) is 25.1 Å². The van der Waals surface area contributed by atoms with Gasteiger partial charge in [0.25, 0.3) is 0 Å². The number of benzene rings is 1. The summed E-state index contributed by atoms with van der Waals surface area (Å²) < 4.78 is 8.47. The van der Waals surface area contributed by atoms with Gasteiger partial charge in [-0.05, 0) is 30.1 Å². The summed E-state index contributed by atoms with van der Waals surface area (Å²) in [5.74, 6) is 0. The highest BCUT2D eigenvalue weighted by atomic mass is 28.4. The van der Waals surface area contributed by atoms with Crippen LogP contribution in [0, 0.1) is 0 Å². The molecule has 28 heavy (non-hydrogen) atoms. The highest BCUT2D eigenvalue weighted by Crippen LogP contribution is 2.40. The van der Waals surface area contributed by atoms with Crippen molar-refractivity contribution in [2.75, 3.05) is 6.54 Å². The molecule has 1 unspecified atom stereocenters. The molecular formula is C22H35N3O2Si. The summed E-state index contributed by atoms with van der Waals surface area (Å²) in [5.41, 5.74) is 2.14. The predicted octanol–water partition coefficient (Wildman–Crippen LogP) is 4.12. The van der Waals surface area contributed by atoms with Crippen LogP contribution in [0.2, 0.25) is 18.1 Å². The van der Waals surface area contributed by atoms with Crippen LogP contribution in [0.15, 0.2) is 42.7 Å². The molecule has 1 aliphatic rings. The number of aliphatic hydroxyl groups is 1. The lowest BCUT2D eigenvalue weighted by molar-refractivity contribution is 0.0688. The van der Waals surface area contributed by atoms with Crippen molar-refractivity contribution in [2.45, 2.75) is 70.1 Å². The van der Waals surface area contributed by atoms with Gasteiger partial charge < -0.3 is 9.53 Å². The maximum absolute atomic E-state index is 11.1. The first-order valence-corrected chi connectivity index (χ1v) is 13.1. The van der Waals surface area contributed by atoms with E-state index in [-0.39, 0.29) is 17.2 Å². The van der Waals surface area contributed by atoms with Crippen molar-refractivity contribution in [3.05, 3.63) is 53.9 Å². The molecular weight excluding hydrogens is 366 g/mol. The Bertz CT molecular complexity index is 770. The zero-order valence-electron chi connectivity index (χ0n) is 18.1. The van der Waals surface area contributed by atoms with Crippen molar-refractivity contribution < 1.29 is 9.53 Å². The zero-order chi connectivity index (χ0) is 20.5. The fourth-order valence-electron chi connectivity index (χ4n) is 3.71. The van der Waals surface area contributed by atoms with Crippen molar-refractivity contribution in [3.63, 3.8) is 0 Å². The molecule has 1 saturated heterocycles. The van der Waals surface area contributed by atoms with Crippen molar-refractivity contribution in [2.24, 2.45) is 7.05 Å². The Morgan fingerprint density at radius 1 is 1.25 bits per heavy atom. The van der Waals surface area contributed by atoms with E-state index < -0.39 is 14.4 Å². The van der Waals surface area contributed by atoms with E-state index in [2.05, 4.69) is 68.1 Å². The SMILES string of the molecule is Cn1cc(C(O)[C@@H]2C[C@@H](O[Si](C)(C)C(C)(C)C)CN2Cc2ccccc2)cn1. The Morgan fingerprint density at radius 3 is 2.50 bits per heavy atom. The quantitative estimate of drug-likeness (QED) is 0.740. The molecule has 3 atom stereocenters. The lowest BCUT2D eigenvalue weighted by Crippen LogP contribution is -2.44. The minimum absolute atomic E-state index is 0.0270. The van der Waals surface area contributed by atoms with Gasteiger partial charge in [0.2, 0.25) is 0 Å². The molecule has 0 amide bonds. The largest absolute Gasteiger partial charge is 0.413 e. The molecule has 0 saturated carbocycles. The van der Waals surface area contributed by atoms with Crippen LogP contribution in [0.1, 0.15) is 44.4 Å². The van der Waals surface area contributed by atoms with Crippen LogP contribution in [0.25, 0.3) is 0 Å². The average Bonchev–Trinajstić information content (AvgIpc) is 3.20. The fraction of sp³-hybridized carbons (Fsp3) is 0.591. The monoisotopic (exact) mass is 401 g/mol. The second-order valence-corrected chi connectivity index (χ2v) is 14.4. The first kappa shape index (κ1) is 21.2. The maximum Gasteiger partial charge on any atom is 0.192 e. The summed E-state index contributed by atoms with van der Waals surface area (Å²) in [6, 6.07) is 10.5. The van der Waals surface area contributed by atoms with Crippen LogP contribution in [0.4, 0.5) is 0 Å². The minimum Gasteiger partial charge on any atom is -0.413 e. The Labute approximate surface area is 170 Å². The average molecular weight is 402 g/mol. The van der Waals surface area contributed by atoms with Crippen molar-refractivity contribution >= 4 is 8.32 Å². The molecule has 0 radical (unpaired) electrons. The number of hydrogen-bond donors (Lipinski definition) is 1. The standard InChI is InChI=1S/C22H35N3O2Si/c1-22(2,3)28(5,6)27-19-12-20(21(26)18-13-23-24(4)15-18)25(16-19)14-17-10-8-7-9-11-17/h7-11,13,15,19-21,26H,12,14,16H2,1-6H3/t19-,20+,21?/m1/s1. The molecule has 154 valence electrons. The third kappa shape index (κ3) is 4.74. The number of aliphatic hydroxyl groups excluding tert-OH is 1. The summed E-state index contributed by atoms with van der Waals surface area (Å²) in [5, 5.41) is 15.5. The Kier molecular flexibility index (Phi) is 6.15. The molecule has 6 heteroatoms. The van der Waals surface area contributed by atoms with E-state index in [4.69, 9.17) is 4.43 Å². The first-order chi connectivity index (χ1) is 13.1. The van der Waals surface area contributed by atoms with E-state index in [1.165, 1.54) is 5.56 Å². The van der Waals surface area contributed by atoms with E-state index in [1.807, 2.05) is 19.3 Å². The number of hydrogen-bond acceptors (Lipinski definition) is 4. The van der Waals surface area contributed by atoms with E-state index in [9.17, 15) is 5.11 Å². The number of rotatable bonds is 6. The van der Waals surface area contributed by atoms with Crippen LogP contribution in [-0.2, 0) is 18.0 Å². The van der Waals surface area contributed by atoms with E-state index >= 15 is 0 Å². The fourth-order valence-corrected chi connectivity index (χ4v) is 5.07. The lowest BCUT2D eigenvalue weighted by atomic mass is 10.0. The summed E-state index contributed by atoms with van der Waals surface area (Å²) in [6.07, 6.45) is 4.11. The summed E-state index contributed by atoms with van der Waals surface area (Å²) >= 11 is 0. The number of nitrogens with zero attached hydrogens (tertiary/aromatic N) is 3. The van der Waals surface area contributed by atoms with Gasteiger partial charge in [0.15, 0.2) is 8.32 Å². The molecule has 2 aromatic rings. The van der Waals surface area contributed by atoms with Crippen LogP contribution >= 0.6 is 0 Å². The number of aryl methyl sites for hydroxylation is 1. The zero-order valence-corrected chi connectivity index (χ0v) is 19.1. The molecule has 5 nitrogen and oxygen atoms in total. The van der Waals surface area contributed by atoms with Crippen molar-refractivity contribution in [3.8, 4) is 0 Å². The normalized spacial score (nSPS) is 22.5. The molecule has 0 spiro atoms. The van der Waals surface area contributed by atoms with Gasteiger partial charge in [0, 0.05) is 37.9 Å². The van der Waals surface area contributed by atoms with Crippen LogP contribution in [0.5, 0.6) is 0 Å². The lowest BCUT2D eigenvalue weighted by Gasteiger charge is -2.38. The second kappa shape index (κ2) is 8.11. The molecule has 1 N–H and O–H groups in total. The van der Waals surface area contributed by atoms with Gasteiger partial charge >= 0.3 is 0 Å². The van der Waals surface area contributed by atoms with Crippen LogP contribution in [-0.4, -0.2) is 46.8 Å². The Balaban J connectivity index is 1.80. The van der Waals surface area contributed by atoms with Gasteiger partial charge in [-0.15, -0.1) is 0 Å². The second-order valence-electron chi connectivity index (χ2n) is 9.61. The predicted molar refractivity (Wildman–Crippen MR) is 115 cm³/mol. The molecule has 0 aliphatic carbocycles. The van der Waals surface area contributed by atoms with Crippen LogP contribution < -0.4 is 0 Å². The third-order valence-electron chi connectivity index (χ3n) is 6.34. The topological polar surface area (TPSA) is 50.5 Å². The van der Waals surface area contributed by atoms with E-state index in [1.54, 1.807) is 10.9 Å². The Hall–Kier alpha value is -1.47. The van der Waals surface area contributed by atoms with Crippen LogP contribution in [0.3, 0.4) is 0 Å². The molecule has 1 aliphatic heterocycles. The third-order valence-corrected chi connectivity index (χ3v) is 10.9. The molecule has 0 bridgehead atoms. The summed E-state index contributed by atoms with van der Waals surface area (Å²) in [6.45, 7) is 13.1. The summed E-state index contributed by atoms with van der Waals surface area (Å²) in [4.78, 5) is 2.38. The van der Waals surface area contributed by atoms with Gasteiger partial charge in [0.05, 0.1) is 18.4 Å². The maximum atomic E-state index is 11.1. The molecule has 1 aromatic carbocycles. The van der Waals surface area contributed by atoms with E-state index in [0.29, 0.717) is 0 Å². The smallest absolute Gasteiger partial charge is 0.192 e. The number of aromatic nitrogens is 2. The molecule has 2 heterocycles. The molecule has 1 fully saturated rings. The highest BCUT2D eigenvalue weighted by molar-refractivity contribution is 6.74. The highest BCUT2D eigenvalue weighted by Gasteiger charge is 2.44. The summed E-state index contributed by atoms with van der Waals surface area (Å²) in [7, 11) is 0.0290.